The zero-order valence-corrected chi connectivity index (χ0v) is 13.4. The van der Waals surface area contributed by atoms with E-state index < -0.39 is 0 Å². The molecule has 21 heavy (non-hydrogen) atoms. The van der Waals surface area contributed by atoms with Gasteiger partial charge in [-0.25, -0.2) is 0 Å². The minimum Gasteiger partial charge on any atom is -0.504 e. The molecule has 1 saturated carbocycles. The molecule has 0 spiro atoms. The summed E-state index contributed by atoms with van der Waals surface area (Å²) in [5.74, 6) is 0.656. The molecule has 0 unspecified atom stereocenters. The van der Waals surface area contributed by atoms with Gasteiger partial charge in [0, 0.05) is 24.6 Å². The summed E-state index contributed by atoms with van der Waals surface area (Å²) < 4.78 is 5.12. The number of likely N-dealkylation sites (N-methyl/N-ethyl adjacent to an activating group) is 1. The van der Waals surface area contributed by atoms with E-state index in [9.17, 15) is 5.11 Å². The molecular weight excluding hydrogens is 264 g/mol. The second kappa shape index (κ2) is 6.94. The van der Waals surface area contributed by atoms with E-state index in [1.165, 1.54) is 37.0 Å². The molecular formula is C17H27N2O2+. The number of aromatic hydroxyl groups is 1. The highest BCUT2D eigenvalue weighted by Gasteiger charge is 2.37. The van der Waals surface area contributed by atoms with Crippen LogP contribution in [0.25, 0.3) is 0 Å². The summed E-state index contributed by atoms with van der Waals surface area (Å²) in [4.78, 5) is 6.11. The van der Waals surface area contributed by atoms with Crippen LogP contribution < -0.4 is 9.64 Å². The number of hydrogen-bond acceptors (Lipinski definition) is 3. The van der Waals surface area contributed by atoms with E-state index >= 15 is 0 Å². The first-order valence-corrected chi connectivity index (χ1v) is 7.75. The number of methoxy groups -OCH3 is 1. The van der Waals surface area contributed by atoms with Crippen molar-refractivity contribution in [2.45, 2.75) is 37.6 Å². The zero-order valence-electron chi connectivity index (χ0n) is 13.4. The average molecular weight is 291 g/mol. The quantitative estimate of drug-likeness (QED) is 0.811. The first-order valence-electron chi connectivity index (χ1n) is 7.75. The normalized spacial score (nSPS) is 18.3. The Morgan fingerprint density at radius 1 is 1.29 bits per heavy atom. The molecule has 1 aliphatic carbocycles. The van der Waals surface area contributed by atoms with E-state index in [1.54, 1.807) is 19.4 Å². The second-order valence-corrected chi connectivity index (χ2v) is 6.21. The molecule has 0 bridgehead atoms. The van der Waals surface area contributed by atoms with Crippen LogP contribution in [0.3, 0.4) is 0 Å². The van der Waals surface area contributed by atoms with Crippen LogP contribution in [0.15, 0.2) is 23.2 Å². The fourth-order valence-electron chi connectivity index (χ4n) is 3.17. The Kier molecular flexibility index (Phi) is 5.23. The summed E-state index contributed by atoms with van der Waals surface area (Å²) in [6.07, 6.45) is 8.18. The van der Waals surface area contributed by atoms with Crippen LogP contribution in [-0.4, -0.2) is 44.6 Å². The number of quaternary nitrogens is 1. The number of benzene rings is 1. The summed E-state index contributed by atoms with van der Waals surface area (Å²) in [7, 11) is 6.01. The van der Waals surface area contributed by atoms with Gasteiger partial charge < -0.3 is 14.7 Å². The van der Waals surface area contributed by atoms with Crippen molar-refractivity contribution in [3.63, 3.8) is 0 Å². The monoisotopic (exact) mass is 291 g/mol. The molecule has 0 atom stereocenters. The lowest BCUT2D eigenvalue weighted by Crippen LogP contribution is -3.16. The van der Waals surface area contributed by atoms with Crippen LogP contribution in [0, 0.1) is 0 Å². The SMILES string of the molecule is COc1cccc(C=NCC2([NH+](C)C)CCCCC2)c1O. The van der Waals surface area contributed by atoms with Crippen LogP contribution in [0.2, 0.25) is 0 Å². The third kappa shape index (κ3) is 3.56. The van der Waals surface area contributed by atoms with Crippen molar-refractivity contribution in [1.29, 1.82) is 0 Å². The largest absolute Gasteiger partial charge is 0.504 e. The van der Waals surface area contributed by atoms with Crippen LogP contribution in [0.1, 0.15) is 37.7 Å². The molecule has 0 aliphatic heterocycles. The predicted octanol–water partition coefficient (Wildman–Crippen LogP) is 1.67. The Morgan fingerprint density at radius 3 is 2.62 bits per heavy atom. The van der Waals surface area contributed by atoms with Crippen LogP contribution in [0.4, 0.5) is 0 Å². The number of ether oxygens (including phenoxy) is 1. The maximum atomic E-state index is 10.1. The number of phenols is 1. The van der Waals surface area contributed by atoms with E-state index in [4.69, 9.17) is 4.74 Å². The van der Waals surface area contributed by atoms with E-state index in [0.29, 0.717) is 11.3 Å². The maximum Gasteiger partial charge on any atom is 0.166 e. The smallest absolute Gasteiger partial charge is 0.166 e. The summed E-state index contributed by atoms with van der Waals surface area (Å²) in [6.45, 7) is 0.811. The topological polar surface area (TPSA) is 46.3 Å². The van der Waals surface area contributed by atoms with Gasteiger partial charge in [0.2, 0.25) is 0 Å². The second-order valence-electron chi connectivity index (χ2n) is 6.21. The van der Waals surface area contributed by atoms with Gasteiger partial charge in [0.15, 0.2) is 11.5 Å². The van der Waals surface area contributed by atoms with Crippen molar-refractivity contribution in [2.24, 2.45) is 4.99 Å². The number of hydrogen-bond donors (Lipinski definition) is 2. The number of rotatable bonds is 5. The van der Waals surface area contributed by atoms with Gasteiger partial charge in [-0.3, -0.25) is 4.99 Å². The molecule has 0 radical (unpaired) electrons. The van der Waals surface area contributed by atoms with Gasteiger partial charge in [0.1, 0.15) is 5.54 Å². The van der Waals surface area contributed by atoms with Gasteiger partial charge in [0.25, 0.3) is 0 Å². The van der Waals surface area contributed by atoms with Gasteiger partial charge in [-0.05, 0) is 25.0 Å². The third-order valence-corrected chi connectivity index (χ3v) is 4.75. The van der Waals surface area contributed by atoms with Crippen molar-refractivity contribution in [1.82, 2.24) is 0 Å². The highest BCUT2D eigenvalue weighted by Crippen LogP contribution is 2.29. The molecule has 0 aromatic heterocycles. The molecule has 116 valence electrons. The molecule has 2 rings (SSSR count). The van der Waals surface area contributed by atoms with Gasteiger partial charge in [-0.1, -0.05) is 12.5 Å². The number of nitrogens with one attached hydrogen (secondary N) is 1. The Labute approximate surface area is 127 Å². The molecule has 1 aromatic rings. The standard InChI is InChI=1S/C17H26N2O2/c1-19(2)17(10-5-4-6-11-17)13-18-12-14-8-7-9-15(21-3)16(14)20/h7-9,12,20H,4-6,10-11,13H2,1-3H3/p+1. The highest BCUT2D eigenvalue weighted by molar-refractivity contribution is 5.84. The Bertz CT molecular complexity index is 492. The molecule has 0 heterocycles. The molecule has 0 saturated heterocycles. The summed E-state index contributed by atoms with van der Waals surface area (Å²) in [6, 6.07) is 5.48. The lowest BCUT2D eigenvalue weighted by Gasteiger charge is -2.38. The highest BCUT2D eigenvalue weighted by atomic mass is 16.5. The number of nitrogens with zero attached hydrogens (tertiary/aromatic N) is 1. The van der Waals surface area contributed by atoms with E-state index in [0.717, 1.165) is 6.54 Å². The number of para-hydroxylation sites is 1. The molecule has 1 aromatic carbocycles. The maximum absolute atomic E-state index is 10.1. The van der Waals surface area contributed by atoms with Crippen LogP contribution >= 0.6 is 0 Å². The van der Waals surface area contributed by atoms with Crippen molar-refractivity contribution < 1.29 is 14.7 Å². The number of phenolic OH excluding ortho intramolecular Hbond substituents is 1. The summed E-state index contributed by atoms with van der Waals surface area (Å²) in [5.41, 5.74) is 0.970. The Balaban J connectivity index is 2.10. The minimum absolute atomic E-state index is 0.165. The van der Waals surface area contributed by atoms with Gasteiger partial charge in [0.05, 0.1) is 27.7 Å². The van der Waals surface area contributed by atoms with Crippen molar-refractivity contribution >= 4 is 6.21 Å². The minimum atomic E-state index is 0.165. The van der Waals surface area contributed by atoms with Gasteiger partial charge in [-0.15, -0.1) is 0 Å². The fraction of sp³-hybridized carbons (Fsp3) is 0.588. The lowest BCUT2D eigenvalue weighted by atomic mass is 9.81. The lowest BCUT2D eigenvalue weighted by molar-refractivity contribution is -0.915. The van der Waals surface area contributed by atoms with Crippen molar-refractivity contribution in [3.05, 3.63) is 23.8 Å². The van der Waals surface area contributed by atoms with Crippen LogP contribution in [-0.2, 0) is 0 Å². The van der Waals surface area contributed by atoms with Gasteiger partial charge >= 0.3 is 0 Å². The van der Waals surface area contributed by atoms with E-state index in [-0.39, 0.29) is 11.3 Å². The van der Waals surface area contributed by atoms with Crippen molar-refractivity contribution in [3.8, 4) is 11.5 Å². The third-order valence-electron chi connectivity index (χ3n) is 4.75. The first-order chi connectivity index (χ1) is 10.1. The molecule has 2 N–H and O–H groups in total. The number of aliphatic imine (C=N–C) groups is 1. The molecule has 0 amide bonds. The predicted molar refractivity (Wildman–Crippen MR) is 85.7 cm³/mol. The van der Waals surface area contributed by atoms with Gasteiger partial charge in [-0.2, -0.15) is 0 Å². The fourth-order valence-corrected chi connectivity index (χ4v) is 3.17. The Hall–Kier alpha value is -1.55. The molecule has 4 heteroatoms. The average Bonchev–Trinajstić information content (AvgIpc) is 2.50. The Morgan fingerprint density at radius 2 is 2.00 bits per heavy atom. The van der Waals surface area contributed by atoms with Crippen molar-refractivity contribution in [2.75, 3.05) is 27.7 Å². The molecule has 1 aliphatic rings. The summed E-state index contributed by atoms with van der Waals surface area (Å²) >= 11 is 0. The summed E-state index contributed by atoms with van der Waals surface area (Å²) in [5, 5.41) is 10.1. The zero-order chi connectivity index (χ0) is 15.3. The first kappa shape index (κ1) is 15.8. The van der Waals surface area contributed by atoms with E-state index in [2.05, 4.69) is 19.1 Å². The van der Waals surface area contributed by atoms with Crippen LogP contribution in [0.5, 0.6) is 11.5 Å². The molecule has 4 nitrogen and oxygen atoms in total. The van der Waals surface area contributed by atoms with E-state index in [1.807, 2.05) is 12.1 Å². The molecule has 1 fully saturated rings.